The Morgan fingerprint density at radius 1 is 1.20 bits per heavy atom. The van der Waals surface area contributed by atoms with Gasteiger partial charge < -0.3 is 4.74 Å². The first-order chi connectivity index (χ1) is 12.0. The predicted molar refractivity (Wildman–Crippen MR) is 90.4 cm³/mol. The largest absolute Gasteiger partial charge is 0.464 e. The quantitative estimate of drug-likeness (QED) is 0.785. The number of aromatic nitrogens is 2. The molecular formula is C16H20N4O4S. The zero-order chi connectivity index (χ0) is 17.9. The first kappa shape index (κ1) is 17.6. The molecule has 2 aromatic rings. The molecule has 0 unspecified atom stereocenters. The predicted octanol–water partition coefficient (Wildman–Crippen LogP) is 0.703. The van der Waals surface area contributed by atoms with Crippen molar-refractivity contribution < 1.29 is 17.9 Å². The lowest BCUT2D eigenvalue weighted by molar-refractivity contribution is 0.0591. The summed E-state index contributed by atoms with van der Waals surface area (Å²) in [5.74, 6) is -0.460. The summed E-state index contributed by atoms with van der Waals surface area (Å²) in [6, 6.07) is 8.44. The van der Waals surface area contributed by atoms with Gasteiger partial charge in [0.1, 0.15) is 5.69 Å². The van der Waals surface area contributed by atoms with Gasteiger partial charge in [-0.1, -0.05) is 18.2 Å². The number of nitrogens with zero attached hydrogens (tertiary/aromatic N) is 3. The third-order valence-corrected chi connectivity index (χ3v) is 6.13. The first-order valence-electron chi connectivity index (χ1n) is 7.90. The van der Waals surface area contributed by atoms with Crippen molar-refractivity contribution in [3.8, 4) is 0 Å². The van der Waals surface area contributed by atoms with E-state index in [9.17, 15) is 13.2 Å². The second-order valence-corrected chi connectivity index (χ2v) is 7.69. The zero-order valence-electron chi connectivity index (χ0n) is 13.9. The number of rotatable bonds is 5. The molecule has 1 aromatic heterocycles. The van der Waals surface area contributed by atoms with Crippen LogP contribution in [-0.4, -0.2) is 67.1 Å². The fourth-order valence-electron chi connectivity index (χ4n) is 2.82. The minimum atomic E-state index is -3.46. The lowest BCUT2D eigenvalue weighted by Crippen LogP contribution is -2.48. The normalized spacial score (nSPS) is 16.7. The molecule has 8 nitrogen and oxygen atoms in total. The molecule has 1 fully saturated rings. The van der Waals surface area contributed by atoms with Crippen LogP contribution in [0.2, 0.25) is 0 Å². The minimum Gasteiger partial charge on any atom is -0.464 e. The van der Waals surface area contributed by atoms with Gasteiger partial charge in [0.05, 0.1) is 18.2 Å². The lowest BCUT2D eigenvalue weighted by atomic mass is 10.2. The highest BCUT2D eigenvalue weighted by Crippen LogP contribution is 2.18. The SMILES string of the molecule is COC(=O)c1[nH]ncc1CN1CCN(S(=O)(=O)c2ccccc2)CC1. The molecule has 0 aliphatic carbocycles. The van der Waals surface area contributed by atoms with Gasteiger partial charge in [0, 0.05) is 38.3 Å². The second kappa shape index (κ2) is 7.34. The van der Waals surface area contributed by atoms with Crippen molar-refractivity contribution in [2.75, 3.05) is 33.3 Å². The standard InChI is InChI=1S/C16H20N4O4S/c1-24-16(21)15-13(11-17-18-15)12-19-7-9-20(10-8-19)25(22,23)14-5-3-2-4-6-14/h2-6,11H,7-10,12H2,1H3,(H,17,18). The summed E-state index contributed by atoms with van der Waals surface area (Å²) in [6.07, 6.45) is 1.60. The van der Waals surface area contributed by atoms with Gasteiger partial charge in [-0.25, -0.2) is 13.2 Å². The summed E-state index contributed by atoms with van der Waals surface area (Å²) in [5.41, 5.74) is 1.08. The average Bonchev–Trinajstić information content (AvgIpc) is 3.10. The number of hydrogen-bond acceptors (Lipinski definition) is 6. The summed E-state index contributed by atoms with van der Waals surface area (Å²) in [4.78, 5) is 14.1. The molecule has 1 aliphatic rings. The Morgan fingerprint density at radius 3 is 2.52 bits per heavy atom. The summed E-state index contributed by atoms with van der Waals surface area (Å²) < 4.78 is 31.5. The Bertz CT molecular complexity index is 827. The molecule has 0 atom stereocenters. The highest BCUT2D eigenvalue weighted by Gasteiger charge is 2.29. The monoisotopic (exact) mass is 364 g/mol. The van der Waals surface area contributed by atoms with Crippen LogP contribution >= 0.6 is 0 Å². The number of piperazine rings is 1. The molecular weight excluding hydrogens is 344 g/mol. The van der Waals surface area contributed by atoms with Crippen LogP contribution in [0.5, 0.6) is 0 Å². The number of benzene rings is 1. The number of carbonyl (C=O) groups excluding carboxylic acids is 1. The van der Waals surface area contributed by atoms with Gasteiger partial charge in [-0.3, -0.25) is 10.00 Å². The Hall–Kier alpha value is -2.23. The topological polar surface area (TPSA) is 95.6 Å². The molecule has 0 saturated carbocycles. The van der Waals surface area contributed by atoms with Crippen LogP contribution in [0.4, 0.5) is 0 Å². The smallest absolute Gasteiger partial charge is 0.356 e. The second-order valence-electron chi connectivity index (χ2n) is 5.76. The van der Waals surface area contributed by atoms with Crippen LogP contribution in [0.1, 0.15) is 16.1 Å². The molecule has 25 heavy (non-hydrogen) atoms. The maximum Gasteiger partial charge on any atom is 0.356 e. The summed E-state index contributed by atoms with van der Waals surface area (Å²) in [6.45, 7) is 2.49. The van der Waals surface area contributed by atoms with Crippen molar-refractivity contribution in [1.29, 1.82) is 0 Å². The van der Waals surface area contributed by atoms with Gasteiger partial charge in [0.15, 0.2) is 0 Å². The molecule has 0 spiro atoms. The Kier molecular flexibility index (Phi) is 5.16. The molecule has 3 rings (SSSR count). The molecule has 1 aromatic carbocycles. The Labute approximate surface area is 146 Å². The van der Waals surface area contributed by atoms with Gasteiger partial charge >= 0.3 is 5.97 Å². The maximum absolute atomic E-state index is 12.6. The molecule has 9 heteroatoms. The third kappa shape index (κ3) is 3.73. The number of carbonyl (C=O) groups is 1. The van der Waals surface area contributed by atoms with Crippen LogP contribution in [-0.2, 0) is 21.3 Å². The average molecular weight is 364 g/mol. The van der Waals surface area contributed by atoms with Crippen LogP contribution in [0.3, 0.4) is 0 Å². The fourth-order valence-corrected chi connectivity index (χ4v) is 4.26. The molecule has 0 bridgehead atoms. The van der Waals surface area contributed by atoms with E-state index < -0.39 is 16.0 Å². The molecule has 1 saturated heterocycles. The number of ether oxygens (including phenoxy) is 1. The molecule has 0 radical (unpaired) electrons. The molecule has 0 amide bonds. The van der Waals surface area contributed by atoms with E-state index in [4.69, 9.17) is 4.74 Å². The number of nitrogens with one attached hydrogen (secondary N) is 1. The van der Waals surface area contributed by atoms with Crippen molar-refractivity contribution >= 4 is 16.0 Å². The van der Waals surface area contributed by atoms with Crippen LogP contribution < -0.4 is 0 Å². The van der Waals surface area contributed by atoms with Gasteiger partial charge in [-0.05, 0) is 12.1 Å². The van der Waals surface area contributed by atoms with E-state index >= 15 is 0 Å². The van der Waals surface area contributed by atoms with Crippen LogP contribution in [0.15, 0.2) is 41.4 Å². The van der Waals surface area contributed by atoms with Crippen molar-refractivity contribution in [3.05, 3.63) is 47.8 Å². The summed E-state index contributed by atoms with van der Waals surface area (Å²) in [7, 11) is -2.14. The Morgan fingerprint density at radius 2 is 1.88 bits per heavy atom. The molecule has 1 aliphatic heterocycles. The van der Waals surface area contributed by atoms with E-state index in [-0.39, 0.29) is 0 Å². The van der Waals surface area contributed by atoms with Gasteiger partial charge in [-0.2, -0.15) is 9.40 Å². The van der Waals surface area contributed by atoms with Crippen molar-refractivity contribution in [1.82, 2.24) is 19.4 Å². The highest BCUT2D eigenvalue weighted by molar-refractivity contribution is 7.89. The highest BCUT2D eigenvalue weighted by atomic mass is 32.2. The van der Waals surface area contributed by atoms with E-state index in [1.165, 1.54) is 11.4 Å². The number of H-pyrrole nitrogens is 1. The van der Waals surface area contributed by atoms with Gasteiger partial charge in [0.25, 0.3) is 0 Å². The Balaban J connectivity index is 1.63. The summed E-state index contributed by atoms with van der Waals surface area (Å²) in [5, 5.41) is 6.53. The molecule has 2 heterocycles. The molecule has 134 valence electrons. The van der Waals surface area contributed by atoms with E-state index in [0.717, 1.165) is 5.56 Å². The lowest BCUT2D eigenvalue weighted by Gasteiger charge is -2.33. The van der Waals surface area contributed by atoms with E-state index in [0.29, 0.717) is 43.3 Å². The van der Waals surface area contributed by atoms with Crippen LogP contribution in [0.25, 0.3) is 0 Å². The van der Waals surface area contributed by atoms with E-state index in [2.05, 4.69) is 15.1 Å². The van der Waals surface area contributed by atoms with Crippen molar-refractivity contribution in [2.24, 2.45) is 0 Å². The van der Waals surface area contributed by atoms with Crippen molar-refractivity contribution in [3.63, 3.8) is 0 Å². The number of esters is 1. The summed E-state index contributed by atoms with van der Waals surface area (Å²) >= 11 is 0. The third-order valence-electron chi connectivity index (χ3n) is 4.21. The number of hydrogen-bond donors (Lipinski definition) is 1. The van der Waals surface area contributed by atoms with Gasteiger partial charge in [-0.15, -0.1) is 0 Å². The first-order valence-corrected chi connectivity index (χ1v) is 9.34. The minimum absolute atomic E-state index is 0.311. The van der Waals surface area contributed by atoms with E-state index in [1.54, 1.807) is 36.5 Å². The van der Waals surface area contributed by atoms with Gasteiger partial charge in [0.2, 0.25) is 10.0 Å². The molecule has 1 N–H and O–H groups in total. The zero-order valence-corrected chi connectivity index (χ0v) is 14.7. The van der Waals surface area contributed by atoms with Crippen molar-refractivity contribution in [2.45, 2.75) is 11.4 Å². The van der Waals surface area contributed by atoms with Crippen LogP contribution in [0, 0.1) is 0 Å². The fraction of sp³-hybridized carbons (Fsp3) is 0.375. The maximum atomic E-state index is 12.6. The number of aromatic amines is 1. The van der Waals surface area contributed by atoms with E-state index in [1.807, 2.05) is 0 Å². The number of sulfonamides is 1. The number of methoxy groups -OCH3 is 1.